The number of hydrogen-bond donors (Lipinski definition) is 0. The SMILES string of the molecule is C=C.Cl.[Bi]. The molecule has 0 nitrogen and oxygen atoms in total. The van der Waals surface area contributed by atoms with Crippen LogP contribution in [-0.2, 0) is 0 Å². The molecule has 0 heterocycles. The summed E-state index contributed by atoms with van der Waals surface area (Å²) in [5.74, 6) is 0. The summed E-state index contributed by atoms with van der Waals surface area (Å²) in [5, 5.41) is 0. The van der Waals surface area contributed by atoms with E-state index in [2.05, 4.69) is 13.2 Å². The van der Waals surface area contributed by atoms with Crippen molar-refractivity contribution in [2.75, 3.05) is 0 Å². The molecule has 0 rings (SSSR count). The summed E-state index contributed by atoms with van der Waals surface area (Å²) in [6.45, 7) is 6.00. The molecule has 0 N–H and O–H groups in total. The fraction of sp³-hybridized carbons (Fsp3) is 0. The van der Waals surface area contributed by atoms with Gasteiger partial charge in [0.05, 0.1) is 0 Å². The van der Waals surface area contributed by atoms with E-state index in [1.807, 2.05) is 0 Å². The smallest absolute Gasteiger partial charge is 0 e. The molecule has 0 spiro atoms. The van der Waals surface area contributed by atoms with E-state index in [9.17, 15) is 0 Å². The Morgan fingerprint density at radius 3 is 1.00 bits per heavy atom. The summed E-state index contributed by atoms with van der Waals surface area (Å²) in [7, 11) is 0. The van der Waals surface area contributed by atoms with Gasteiger partial charge in [0.25, 0.3) is 0 Å². The zero-order valence-electron chi connectivity index (χ0n) is 2.27. The molecule has 0 aromatic carbocycles. The number of halogens is 1. The third-order valence-electron chi connectivity index (χ3n) is 0. The van der Waals surface area contributed by atoms with E-state index in [1.165, 1.54) is 0 Å². The molecule has 0 amide bonds. The van der Waals surface area contributed by atoms with E-state index in [0.717, 1.165) is 0 Å². The summed E-state index contributed by atoms with van der Waals surface area (Å²) < 4.78 is 0. The molecule has 0 aliphatic rings. The van der Waals surface area contributed by atoms with Gasteiger partial charge in [0.1, 0.15) is 0 Å². The Balaban J connectivity index is -0.00000000500. The van der Waals surface area contributed by atoms with Crippen molar-refractivity contribution >= 4 is 38.6 Å². The van der Waals surface area contributed by atoms with Crippen LogP contribution >= 0.6 is 12.4 Å². The van der Waals surface area contributed by atoms with Crippen molar-refractivity contribution in [3.05, 3.63) is 13.2 Å². The first-order valence-corrected chi connectivity index (χ1v) is 0.500. The Kier molecular flexibility index (Phi) is 205. The molecular weight excluding hydrogens is 268 g/mol. The normalized spacial score (nSPS) is 1.00. The van der Waals surface area contributed by atoms with Gasteiger partial charge in [-0.05, 0) is 0 Å². The van der Waals surface area contributed by atoms with Crippen molar-refractivity contribution in [2.45, 2.75) is 0 Å². The summed E-state index contributed by atoms with van der Waals surface area (Å²) >= 11 is 0. The van der Waals surface area contributed by atoms with Crippen LogP contribution in [0.4, 0.5) is 0 Å². The standard InChI is InChI=1S/C2H4.Bi.ClH/c1-2;;/h1-2H2;;1H. The van der Waals surface area contributed by atoms with Crippen LogP contribution < -0.4 is 0 Å². The molecular formula is C2H5BiCl. The maximum absolute atomic E-state index is 3.00. The van der Waals surface area contributed by atoms with Crippen LogP contribution in [0.2, 0.25) is 0 Å². The summed E-state index contributed by atoms with van der Waals surface area (Å²) in [5.41, 5.74) is 0. The maximum atomic E-state index is 3.00. The van der Waals surface area contributed by atoms with Gasteiger partial charge in [-0.15, -0.1) is 25.6 Å². The van der Waals surface area contributed by atoms with E-state index >= 15 is 0 Å². The van der Waals surface area contributed by atoms with E-state index in [4.69, 9.17) is 0 Å². The first kappa shape index (κ1) is 20.6. The summed E-state index contributed by atoms with van der Waals surface area (Å²) in [6.07, 6.45) is 0. The van der Waals surface area contributed by atoms with Gasteiger partial charge in [-0.25, -0.2) is 0 Å². The van der Waals surface area contributed by atoms with Gasteiger partial charge in [0.15, 0.2) is 0 Å². The molecule has 0 aliphatic heterocycles. The quantitative estimate of drug-likeness (QED) is 0.453. The monoisotopic (exact) mass is 273 g/mol. The Labute approximate surface area is 51.8 Å². The summed E-state index contributed by atoms with van der Waals surface area (Å²) in [4.78, 5) is 0. The second-order valence-electron chi connectivity index (χ2n) is 0. The minimum atomic E-state index is 0. The van der Waals surface area contributed by atoms with E-state index in [-0.39, 0.29) is 38.6 Å². The third kappa shape index (κ3) is 12.8. The average Bonchev–Trinajstić information content (AvgIpc) is 1.00. The Hall–Kier alpha value is 0.913. The minimum absolute atomic E-state index is 0. The van der Waals surface area contributed by atoms with Crippen molar-refractivity contribution in [2.24, 2.45) is 0 Å². The maximum Gasteiger partial charge on any atom is 0 e. The fourth-order valence-electron chi connectivity index (χ4n) is 0. The van der Waals surface area contributed by atoms with Gasteiger partial charge in [0.2, 0.25) is 0 Å². The second-order valence-corrected chi connectivity index (χ2v) is 0. The van der Waals surface area contributed by atoms with Crippen molar-refractivity contribution in [3.63, 3.8) is 0 Å². The molecule has 0 aliphatic carbocycles. The van der Waals surface area contributed by atoms with Gasteiger partial charge in [0, 0.05) is 26.2 Å². The van der Waals surface area contributed by atoms with Gasteiger partial charge in [-0.1, -0.05) is 0 Å². The van der Waals surface area contributed by atoms with E-state index < -0.39 is 0 Å². The molecule has 0 unspecified atom stereocenters. The van der Waals surface area contributed by atoms with Crippen LogP contribution in [-0.4, -0.2) is 26.2 Å². The third-order valence-corrected chi connectivity index (χ3v) is 0. The topological polar surface area (TPSA) is 0 Å². The zero-order valence-corrected chi connectivity index (χ0v) is 6.56. The van der Waals surface area contributed by atoms with Gasteiger partial charge < -0.3 is 0 Å². The molecule has 0 bridgehead atoms. The first-order valence-electron chi connectivity index (χ1n) is 0.500. The molecule has 0 fully saturated rings. The van der Waals surface area contributed by atoms with Crippen molar-refractivity contribution in [1.29, 1.82) is 0 Å². The molecule has 0 aromatic rings. The molecule has 4 heavy (non-hydrogen) atoms. The molecule has 25 valence electrons. The van der Waals surface area contributed by atoms with Crippen LogP contribution in [0.3, 0.4) is 0 Å². The number of rotatable bonds is 0. The predicted octanol–water partition coefficient (Wildman–Crippen LogP) is 0.843. The fourth-order valence-corrected chi connectivity index (χ4v) is 0. The molecule has 0 aromatic heterocycles. The van der Waals surface area contributed by atoms with Crippen molar-refractivity contribution in [1.82, 2.24) is 0 Å². The van der Waals surface area contributed by atoms with Crippen LogP contribution in [0.1, 0.15) is 0 Å². The average molecular weight is 273 g/mol. The van der Waals surface area contributed by atoms with Gasteiger partial charge >= 0.3 is 0 Å². The van der Waals surface area contributed by atoms with Crippen LogP contribution in [0.15, 0.2) is 13.2 Å². The molecule has 0 saturated heterocycles. The number of hydrogen-bond acceptors (Lipinski definition) is 0. The first-order chi connectivity index (χ1) is 1.00. The Bertz CT molecular complexity index is 6.00. The molecule has 3 radical (unpaired) electrons. The van der Waals surface area contributed by atoms with Crippen LogP contribution in [0.5, 0.6) is 0 Å². The second kappa shape index (κ2) is 39.8. The Morgan fingerprint density at radius 1 is 1.00 bits per heavy atom. The Morgan fingerprint density at radius 2 is 1.00 bits per heavy atom. The van der Waals surface area contributed by atoms with Crippen molar-refractivity contribution < 1.29 is 0 Å². The molecule has 2 heteroatoms. The largest absolute Gasteiger partial charge is 0.147 e. The molecule has 0 saturated carbocycles. The zero-order chi connectivity index (χ0) is 2.00. The van der Waals surface area contributed by atoms with E-state index in [0.29, 0.717) is 0 Å². The van der Waals surface area contributed by atoms with Crippen LogP contribution in [0, 0.1) is 0 Å². The van der Waals surface area contributed by atoms with Gasteiger partial charge in [-0.2, -0.15) is 0 Å². The summed E-state index contributed by atoms with van der Waals surface area (Å²) in [6, 6.07) is 0. The predicted molar refractivity (Wildman–Crippen MR) is 24.3 cm³/mol. The minimum Gasteiger partial charge on any atom is -0.147 e. The van der Waals surface area contributed by atoms with Crippen molar-refractivity contribution in [3.8, 4) is 0 Å². The molecule has 0 atom stereocenters. The van der Waals surface area contributed by atoms with Crippen LogP contribution in [0.25, 0.3) is 0 Å². The van der Waals surface area contributed by atoms with Gasteiger partial charge in [-0.3, -0.25) is 0 Å². The van der Waals surface area contributed by atoms with E-state index in [1.54, 1.807) is 0 Å².